The summed E-state index contributed by atoms with van der Waals surface area (Å²) in [5.41, 5.74) is 3.78. The monoisotopic (exact) mass is 335 g/mol. The molecule has 0 fully saturated rings. The molecule has 6 nitrogen and oxygen atoms in total. The number of aryl methyl sites for hydroxylation is 2. The Morgan fingerprint density at radius 2 is 2.00 bits per heavy atom. The topological polar surface area (TPSA) is 68.5 Å². The van der Waals surface area contributed by atoms with Gasteiger partial charge in [0.2, 0.25) is 11.7 Å². The minimum Gasteiger partial charge on any atom is -0.482 e. The predicted octanol–water partition coefficient (Wildman–Crippen LogP) is 3.28. The van der Waals surface area contributed by atoms with Crippen LogP contribution in [-0.4, -0.2) is 22.7 Å². The van der Waals surface area contributed by atoms with Crippen LogP contribution in [0.5, 0.6) is 5.75 Å². The Bertz CT molecular complexity index is 949. The Morgan fingerprint density at radius 3 is 2.84 bits per heavy atom. The van der Waals surface area contributed by atoms with Crippen molar-refractivity contribution in [3.63, 3.8) is 0 Å². The van der Waals surface area contributed by atoms with Gasteiger partial charge in [-0.1, -0.05) is 35.5 Å². The summed E-state index contributed by atoms with van der Waals surface area (Å²) < 4.78 is 10.9. The molecule has 126 valence electrons. The summed E-state index contributed by atoms with van der Waals surface area (Å²) in [4.78, 5) is 18.4. The van der Waals surface area contributed by atoms with Crippen LogP contribution in [0.4, 0.5) is 5.69 Å². The lowest BCUT2D eigenvalue weighted by atomic mass is 10.1. The summed E-state index contributed by atoms with van der Waals surface area (Å²) in [6.45, 7) is 4.21. The van der Waals surface area contributed by atoms with Crippen molar-refractivity contribution in [1.29, 1.82) is 0 Å². The average molecular weight is 335 g/mol. The molecular weight excluding hydrogens is 318 g/mol. The third kappa shape index (κ3) is 2.87. The first kappa shape index (κ1) is 15.4. The maximum absolute atomic E-state index is 12.3. The first-order chi connectivity index (χ1) is 12.1. The molecule has 1 amide bonds. The standard InChI is InChI=1S/C19H17N3O3/c1-12-7-8-15-16(9-12)24-11-18(23)22(15)10-17-20-19(21-25-17)14-6-4-3-5-13(14)2/h3-9H,10-11H2,1-2H3. The fourth-order valence-corrected chi connectivity index (χ4v) is 2.87. The van der Waals surface area contributed by atoms with Gasteiger partial charge in [0, 0.05) is 5.56 Å². The van der Waals surface area contributed by atoms with E-state index in [1.54, 1.807) is 4.90 Å². The van der Waals surface area contributed by atoms with E-state index in [-0.39, 0.29) is 19.1 Å². The molecule has 25 heavy (non-hydrogen) atoms. The van der Waals surface area contributed by atoms with E-state index >= 15 is 0 Å². The van der Waals surface area contributed by atoms with E-state index in [1.807, 2.05) is 56.3 Å². The molecule has 2 heterocycles. The third-order valence-electron chi connectivity index (χ3n) is 4.21. The highest BCUT2D eigenvalue weighted by atomic mass is 16.5. The quantitative estimate of drug-likeness (QED) is 0.735. The SMILES string of the molecule is Cc1ccc2c(c1)OCC(=O)N2Cc1nc(-c2ccccc2C)no1. The van der Waals surface area contributed by atoms with Gasteiger partial charge in [0.15, 0.2) is 6.61 Å². The minimum absolute atomic E-state index is 0.00917. The van der Waals surface area contributed by atoms with Crippen LogP contribution in [0.2, 0.25) is 0 Å². The van der Waals surface area contributed by atoms with Crippen LogP contribution >= 0.6 is 0 Å². The molecule has 6 heteroatoms. The second-order valence-corrected chi connectivity index (χ2v) is 6.07. The van der Waals surface area contributed by atoms with E-state index in [0.29, 0.717) is 17.5 Å². The molecule has 2 aromatic carbocycles. The number of rotatable bonds is 3. The van der Waals surface area contributed by atoms with Crippen molar-refractivity contribution in [3.8, 4) is 17.1 Å². The van der Waals surface area contributed by atoms with Gasteiger partial charge in [-0.25, -0.2) is 0 Å². The molecule has 1 aromatic heterocycles. The molecule has 0 radical (unpaired) electrons. The minimum atomic E-state index is -0.132. The average Bonchev–Trinajstić information content (AvgIpc) is 3.06. The summed E-state index contributed by atoms with van der Waals surface area (Å²) >= 11 is 0. The first-order valence-corrected chi connectivity index (χ1v) is 8.04. The molecule has 0 atom stereocenters. The predicted molar refractivity (Wildman–Crippen MR) is 92.3 cm³/mol. The molecule has 0 saturated heterocycles. The van der Waals surface area contributed by atoms with Crippen LogP contribution in [0.1, 0.15) is 17.0 Å². The molecule has 0 N–H and O–H groups in total. The van der Waals surface area contributed by atoms with Gasteiger partial charge in [0.05, 0.1) is 5.69 Å². The van der Waals surface area contributed by atoms with Crippen LogP contribution in [0, 0.1) is 13.8 Å². The van der Waals surface area contributed by atoms with Gasteiger partial charge in [0.1, 0.15) is 12.3 Å². The number of nitrogens with zero attached hydrogens (tertiary/aromatic N) is 3. The van der Waals surface area contributed by atoms with Gasteiger partial charge in [0.25, 0.3) is 5.91 Å². The number of aromatic nitrogens is 2. The van der Waals surface area contributed by atoms with Gasteiger partial charge < -0.3 is 9.26 Å². The molecule has 0 aliphatic carbocycles. The molecule has 1 aliphatic rings. The van der Waals surface area contributed by atoms with Crippen molar-refractivity contribution >= 4 is 11.6 Å². The van der Waals surface area contributed by atoms with Crippen molar-refractivity contribution in [3.05, 3.63) is 59.5 Å². The van der Waals surface area contributed by atoms with Crippen molar-refractivity contribution in [2.75, 3.05) is 11.5 Å². The number of carbonyl (C=O) groups is 1. The number of amides is 1. The van der Waals surface area contributed by atoms with Crippen molar-refractivity contribution in [1.82, 2.24) is 10.1 Å². The molecular formula is C19H17N3O3. The lowest BCUT2D eigenvalue weighted by Gasteiger charge is -2.28. The number of hydrogen-bond acceptors (Lipinski definition) is 5. The first-order valence-electron chi connectivity index (χ1n) is 8.04. The highest BCUT2D eigenvalue weighted by Gasteiger charge is 2.27. The maximum Gasteiger partial charge on any atom is 0.265 e. The van der Waals surface area contributed by atoms with E-state index in [1.165, 1.54) is 0 Å². The fourth-order valence-electron chi connectivity index (χ4n) is 2.87. The molecule has 0 bridgehead atoms. The Morgan fingerprint density at radius 1 is 1.16 bits per heavy atom. The highest BCUT2D eigenvalue weighted by Crippen LogP contribution is 2.33. The smallest absolute Gasteiger partial charge is 0.265 e. The molecule has 0 spiro atoms. The maximum atomic E-state index is 12.3. The van der Waals surface area contributed by atoms with Crippen molar-refractivity contribution < 1.29 is 14.1 Å². The summed E-state index contributed by atoms with van der Waals surface area (Å²) in [5, 5.41) is 4.05. The number of fused-ring (bicyclic) bond motifs is 1. The molecule has 1 aliphatic heterocycles. The number of carbonyl (C=O) groups excluding carboxylic acids is 1. The van der Waals surface area contributed by atoms with Gasteiger partial charge in [-0.15, -0.1) is 0 Å². The fraction of sp³-hybridized carbons (Fsp3) is 0.211. The van der Waals surface area contributed by atoms with E-state index in [0.717, 1.165) is 22.4 Å². The highest BCUT2D eigenvalue weighted by molar-refractivity contribution is 5.97. The lowest BCUT2D eigenvalue weighted by molar-refractivity contribution is -0.121. The zero-order valence-electron chi connectivity index (χ0n) is 14.0. The van der Waals surface area contributed by atoms with E-state index in [2.05, 4.69) is 10.1 Å². The number of ether oxygens (including phenoxy) is 1. The Balaban J connectivity index is 1.63. The van der Waals surface area contributed by atoms with Gasteiger partial charge >= 0.3 is 0 Å². The molecule has 0 unspecified atom stereocenters. The van der Waals surface area contributed by atoms with Crippen LogP contribution in [0.3, 0.4) is 0 Å². The summed E-state index contributed by atoms with van der Waals surface area (Å²) in [6.07, 6.45) is 0. The number of anilines is 1. The summed E-state index contributed by atoms with van der Waals surface area (Å²) in [7, 11) is 0. The van der Waals surface area contributed by atoms with E-state index < -0.39 is 0 Å². The van der Waals surface area contributed by atoms with Crippen LogP contribution in [0.25, 0.3) is 11.4 Å². The largest absolute Gasteiger partial charge is 0.482 e. The molecule has 3 aromatic rings. The van der Waals surface area contributed by atoms with Gasteiger partial charge in [-0.3, -0.25) is 9.69 Å². The zero-order valence-corrected chi connectivity index (χ0v) is 14.0. The summed E-state index contributed by atoms with van der Waals surface area (Å²) in [5.74, 6) is 1.48. The van der Waals surface area contributed by atoms with Crippen molar-refractivity contribution in [2.45, 2.75) is 20.4 Å². The second-order valence-electron chi connectivity index (χ2n) is 6.07. The van der Waals surface area contributed by atoms with Crippen LogP contribution < -0.4 is 9.64 Å². The molecule has 0 saturated carbocycles. The molecule has 4 rings (SSSR count). The zero-order chi connectivity index (χ0) is 17.4. The van der Waals surface area contributed by atoms with Crippen LogP contribution in [0.15, 0.2) is 47.0 Å². The summed E-state index contributed by atoms with van der Waals surface area (Å²) in [6, 6.07) is 13.6. The van der Waals surface area contributed by atoms with E-state index in [4.69, 9.17) is 9.26 Å². The number of hydrogen-bond donors (Lipinski definition) is 0. The Kier molecular flexibility index (Phi) is 3.72. The van der Waals surface area contributed by atoms with Gasteiger partial charge in [-0.05, 0) is 37.1 Å². The third-order valence-corrected chi connectivity index (χ3v) is 4.21. The second kappa shape index (κ2) is 6.05. The normalized spacial score (nSPS) is 13.5. The Hall–Kier alpha value is -3.15. The lowest BCUT2D eigenvalue weighted by Crippen LogP contribution is -2.38. The van der Waals surface area contributed by atoms with Crippen molar-refractivity contribution in [2.24, 2.45) is 0 Å². The Labute approximate surface area is 145 Å². The van der Waals surface area contributed by atoms with Gasteiger partial charge in [-0.2, -0.15) is 4.98 Å². The van der Waals surface area contributed by atoms with Crippen LogP contribution in [-0.2, 0) is 11.3 Å². The number of benzene rings is 2. The van der Waals surface area contributed by atoms with E-state index in [9.17, 15) is 4.79 Å².